The summed E-state index contributed by atoms with van der Waals surface area (Å²) in [6.45, 7) is 7.50. The largest absolute Gasteiger partial charge is 0.351 e. The summed E-state index contributed by atoms with van der Waals surface area (Å²) in [4.78, 5) is 16.7. The minimum Gasteiger partial charge on any atom is -0.351 e. The van der Waals surface area contributed by atoms with Crippen LogP contribution < -0.4 is 5.32 Å². The molecule has 1 fully saturated rings. The van der Waals surface area contributed by atoms with Crippen LogP contribution in [0, 0.1) is 17.2 Å². The Bertz CT molecular complexity index is 527. The van der Waals surface area contributed by atoms with Gasteiger partial charge < -0.3 is 10.2 Å². The first-order valence-corrected chi connectivity index (χ1v) is 7.76. The van der Waals surface area contributed by atoms with E-state index in [0.717, 1.165) is 32.7 Å². The number of amides is 1. The predicted molar refractivity (Wildman–Crippen MR) is 86.3 cm³/mol. The number of piperazine rings is 1. The molecule has 0 saturated carbocycles. The average Bonchev–Trinajstić information content (AvgIpc) is 2.55. The van der Waals surface area contributed by atoms with E-state index < -0.39 is 0 Å². The molecule has 22 heavy (non-hydrogen) atoms. The Morgan fingerprint density at radius 1 is 1.27 bits per heavy atom. The number of benzene rings is 1. The third-order valence-electron chi connectivity index (χ3n) is 4.01. The van der Waals surface area contributed by atoms with Crippen LogP contribution in [0.3, 0.4) is 0 Å². The van der Waals surface area contributed by atoms with Crippen molar-refractivity contribution >= 4 is 5.91 Å². The van der Waals surface area contributed by atoms with Crippen molar-refractivity contribution < 1.29 is 4.79 Å². The molecular weight excluding hydrogens is 276 g/mol. The first-order valence-electron chi connectivity index (χ1n) is 7.76. The van der Waals surface area contributed by atoms with E-state index in [9.17, 15) is 4.79 Å². The molecule has 0 unspecified atom stereocenters. The molecule has 0 aliphatic carbocycles. The van der Waals surface area contributed by atoms with Gasteiger partial charge in [-0.1, -0.05) is 12.1 Å². The van der Waals surface area contributed by atoms with E-state index in [1.54, 1.807) is 6.92 Å². The number of hydrogen-bond donors (Lipinski definition) is 1. The van der Waals surface area contributed by atoms with E-state index >= 15 is 0 Å². The maximum Gasteiger partial charge on any atom is 0.251 e. The summed E-state index contributed by atoms with van der Waals surface area (Å²) < 4.78 is 0. The molecule has 0 aromatic heterocycles. The van der Waals surface area contributed by atoms with Gasteiger partial charge in [-0.15, -0.1) is 0 Å². The minimum atomic E-state index is -0.166. The molecule has 1 aromatic carbocycles. The molecule has 0 bridgehead atoms. The van der Waals surface area contributed by atoms with Gasteiger partial charge in [0.2, 0.25) is 0 Å². The van der Waals surface area contributed by atoms with E-state index in [1.807, 2.05) is 24.3 Å². The van der Waals surface area contributed by atoms with Crippen molar-refractivity contribution in [3.8, 4) is 6.07 Å². The molecule has 118 valence electrons. The highest BCUT2D eigenvalue weighted by Gasteiger charge is 2.14. The van der Waals surface area contributed by atoms with Gasteiger partial charge in [-0.3, -0.25) is 9.69 Å². The van der Waals surface area contributed by atoms with Gasteiger partial charge in [-0.25, -0.2) is 0 Å². The smallest absolute Gasteiger partial charge is 0.251 e. The molecule has 1 aliphatic heterocycles. The fraction of sp³-hybridized carbons (Fsp3) is 0.529. The second kappa shape index (κ2) is 7.92. The zero-order valence-corrected chi connectivity index (χ0v) is 13.4. The van der Waals surface area contributed by atoms with E-state index in [4.69, 9.17) is 5.26 Å². The third-order valence-corrected chi connectivity index (χ3v) is 4.01. The van der Waals surface area contributed by atoms with Crippen LogP contribution in [0.25, 0.3) is 0 Å². The SMILES string of the molecule is C[C@@H](C#N)CNC(=O)c1ccc(CN2CCN(C)CC2)cc1. The lowest BCUT2D eigenvalue weighted by atomic mass is 10.1. The number of carbonyl (C=O) groups is 1. The molecule has 1 saturated heterocycles. The lowest BCUT2D eigenvalue weighted by Gasteiger charge is -2.32. The molecule has 2 rings (SSSR count). The van der Waals surface area contributed by atoms with Crippen LogP contribution in [0.4, 0.5) is 0 Å². The fourth-order valence-corrected chi connectivity index (χ4v) is 2.42. The van der Waals surface area contributed by atoms with Crippen molar-refractivity contribution in [1.29, 1.82) is 5.26 Å². The lowest BCUT2D eigenvalue weighted by molar-refractivity contribution is 0.0950. The molecule has 5 heteroatoms. The Balaban J connectivity index is 1.85. The summed E-state index contributed by atoms with van der Waals surface area (Å²) >= 11 is 0. The monoisotopic (exact) mass is 300 g/mol. The van der Waals surface area contributed by atoms with Crippen molar-refractivity contribution in [3.63, 3.8) is 0 Å². The van der Waals surface area contributed by atoms with Crippen LogP contribution in [0.1, 0.15) is 22.8 Å². The van der Waals surface area contributed by atoms with E-state index in [1.165, 1.54) is 5.56 Å². The van der Waals surface area contributed by atoms with Crippen LogP contribution >= 0.6 is 0 Å². The number of rotatable bonds is 5. The van der Waals surface area contributed by atoms with Crippen molar-refractivity contribution in [3.05, 3.63) is 35.4 Å². The summed E-state index contributed by atoms with van der Waals surface area (Å²) in [5.41, 5.74) is 1.87. The summed E-state index contributed by atoms with van der Waals surface area (Å²) in [7, 11) is 2.15. The number of nitriles is 1. The van der Waals surface area contributed by atoms with Gasteiger partial charge in [0, 0.05) is 44.8 Å². The number of carbonyl (C=O) groups excluding carboxylic acids is 1. The standard InChI is InChI=1S/C17H24N4O/c1-14(11-18)12-19-17(22)16-5-3-15(4-6-16)13-21-9-7-20(2)8-10-21/h3-6,14H,7-10,12-13H2,1-2H3,(H,19,22)/t14-/m0/s1. The molecule has 1 aliphatic rings. The lowest BCUT2D eigenvalue weighted by Crippen LogP contribution is -2.43. The normalized spacial score (nSPS) is 17.7. The number of likely N-dealkylation sites (N-methyl/N-ethyl adjacent to an activating group) is 1. The second-order valence-electron chi connectivity index (χ2n) is 6.02. The van der Waals surface area contributed by atoms with Crippen molar-refractivity contribution in [2.45, 2.75) is 13.5 Å². The summed E-state index contributed by atoms with van der Waals surface area (Å²) in [6, 6.07) is 9.85. The van der Waals surface area contributed by atoms with Crippen LogP contribution in [0.15, 0.2) is 24.3 Å². The summed E-state index contributed by atoms with van der Waals surface area (Å²) in [5.74, 6) is -0.284. The highest BCUT2D eigenvalue weighted by molar-refractivity contribution is 5.94. The van der Waals surface area contributed by atoms with E-state index in [0.29, 0.717) is 12.1 Å². The van der Waals surface area contributed by atoms with Gasteiger partial charge in [-0.05, 0) is 31.7 Å². The predicted octanol–water partition coefficient (Wildman–Crippen LogP) is 1.32. The Hall–Kier alpha value is -1.90. The number of nitrogens with zero attached hydrogens (tertiary/aromatic N) is 3. The van der Waals surface area contributed by atoms with Gasteiger partial charge >= 0.3 is 0 Å². The quantitative estimate of drug-likeness (QED) is 0.891. The molecule has 1 aromatic rings. The van der Waals surface area contributed by atoms with E-state index in [2.05, 4.69) is 28.2 Å². The Kier molecular flexibility index (Phi) is 5.93. The molecule has 0 radical (unpaired) electrons. The summed E-state index contributed by atoms with van der Waals surface area (Å²) in [6.07, 6.45) is 0. The Morgan fingerprint density at radius 3 is 2.50 bits per heavy atom. The molecular formula is C17H24N4O. The van der Waals surface area contributed by atoms with E-state index in [-0.39, 0.29) is 11.8 Å². The Morgan fingerprint density at radius 2 is 1.91 bits per heavy atom. The topological polar surface area (TPSA) is 59.4 Å². The van der Waals surface area contributed by atoms with Gasteiger partial charge in [0.05, 0.1) is 12.0 Å². The first kappa shape index (κ1) is 16.5. The van der Waals surface area contributed by atoms with Crippen LogP contribution in [0.5, 0.6) is 0 Å². The van der Waals surface area contributed by atoms with Gasteiger partial charge in [0.1, 0.15) is 0 Å². The third kappa shape index (κ3) is 4.83. The minimum absolute atomic E-state index is 0.117. The molecule has 1 atom stereocenters. The molecule has 1 heterocycles. The van der Waals surface area contributed by atoms with Gasteiger partial charge in [0.15, 0.2) is 0 Å². The van der Waals surface area contributed by atoms with Gasteiger partial charge in [0.25, 0.3) is 5.91 Å². The Labute approximate surface area is 132 Å². The zero-order chi connectivity index (χ0) is 15.9. The zero-order valence-electron chi connectivity index (χ0n) is 13.4. The van der Waals surface area contributed by atoms with Crippen LogP contribution in [-0.2, 0) is 6.54 Å². The fourth-order valence-electron chi connectivity index (χ4n) is 2.42. The van der Waals surface area contributed by atoms with Crippen LogP contribution in [0.2, 0.25) is 0 Å². The number of hydrogen-bond acceptors (Lipinski definition) is 4. The molecule has 5 nitrogen and oxygen atoms in total. The maximum absolute atomic E-state index is 12.0. The van der Waals surface area contributed by atoms with Gasteiger partial charge in [-0.2, -0.15) is 5.26 Å². The average molecular weight is 300 g/mol. The number of nitrogens with one attached hydrogen (secondary N) is 1. The molecule has 1 amide bonds. The van der Waals surface area contributed by atoms with Crippen LogP contribution in [-0.4, -0.2) is 55.5 Å². The van der Waals surface area contributed by atoms with Crippen molar-refractivity contribution in [2.24, 2.45) is 5.92 Å². The highest BCUT2D eigenvalue weighted by Crippen LogP contribution is 2.10. The highest BCUT2D eigenvalue weighted by atomic mass is 16.1. The molecule has 0 spiro atoms. The maximum atomic E-state index is 12.0. The summed E-state index contributed by atoms with van der Waals surface area (Å²) in [5, 5.41) is 11.5. The first-order chi connectivity index (χ1) is 10.6. The second-order valence-corrected chi connectivity index (χ2v) is 6.02. The molecule has 1 N–H and O–H groups in total. The van der Waals surface area contributed by atoms with Crippen molar-refractivity contribution in [2.75, 3.05) is 39.8 Å². The van der Waals surface area contributed by atoms with Crippen molar-refractivity contribution in [1.82, 2.24) is 15.1 Å².